The fraction of sp³-hybridized carbons (Fsp3) is 0.316. The molecule has 0 saturated heterocycles. The van der Waals surface area contributed by atoms with Crippen LogP contribution < -0.4 is 10.1 Å². The van der Waals surface area contributed by atoms with E-state index in [0.29, 0.717) is 19.7 Å². The molecule has 3 rings (SSSR count). The number of para-hydroxylation sites is 1. The average Bonchev–Trinajstić information content (AvgIpc) is 2.81. The summed E-state index contributed by atoms with van der Waals surface area (Å²) in [6, 6.07) is 12.9. The summed E-state index contributed by atoms with van der Waals surface area (Å²) in [4.78, 5) is 14.1. The number of carbonyl (C=O) groups is 1. The lowest BCUT2D eigenvalue weighted by Gasteiger charge is -2.19. The first kappa shape index (κ1) is 18.3. The second-order valence-electron chi connectivity index (χ2n) is 6.10. The first-order chi connectivity index (χ1) is 12.4. The van der Waals surface area contributed by atoms with Gasteiger partial charge in [0.1, 0.15) is 12.4 Å². The Bertz CT molecular complexity index is 777. The molecule has 1 aliphatic rings. The van der Waals surface area contributed by atoms with E-state index in [1.165, 1.54) is 18.2 Å². The molecule has 0 aliphatic carbocycles. The van der Waals surface area contributed by atoms with Crippen molar-refractivity contribution in [2.75, 3.05) is 19.7 Å². The molecule has 1 N–H and O–H groups in total. The number of nitrogens with one attached hydrogen (secondary N) is 1. The number of alkyl halides is 3. The summed E-state index contributed by atoms with van der Waals surface area (Å²) in [6.45, 7) is 1.53. The Morgan fingerprint density at radius 2 is 1.85 bits per heavy atom. The Balaban J connectivity index is 1.59. The lowest BCUT2D eigenvalue weighted by molar-refractivity contribution is -0.138. The molecule has 0 radical (unpaired) electrons. The van der Waals surface area contributed by atoms with E-state index in [-0.39, 0.29) is 24.6 Å². The van der Waals surface area contributed by atoms with Crippen molar-refractivity contribution < 1.29 is 22.7 Å². The monoisotopic (exact) mass is 364 g/mol. The van der Waals surface area contributed by atoms with Crippen LogP contribution >= 0.6 is 0 Å². The number of benzene rings is 2. The van der Waals surface area contributed by atoms with Gasteiger partial charge in [-0.15, -0.1) is 0 Å². The van der Waals surface area contributed by atoms with Gasteiger partial charge < -0.3 is 10.1 Å². The van der Waals surface area contributed by atoms with Gasteiger partial charge in [0.05, 0.1) is 12.1 Å². The molecule has 0 atom stereocenters. The fourth-order valence-electron chi connectivity index (χ4n) is 2.92. The Labute approximate surface area is 149 Å². The molecule has 1 heterocycles. The van der Waals surface area contributed by atoms with Crippen LogP contribution in [0, 0.1) is 0 Å². The lowest BCUT2D eigenvalue weighted by Crippen LogP contribution is -2.37. The van der Waals surface area contributed by atoms with Gasteiger partial charge in [0.25, 0.3) is 0 Å². The molecule has 0 saturated carbocycles. The van der Waals surface area contributed by atoms with Crippen LogP contribution in [0.15, 0.2) is 48.5 Å². The highest BCUT2D eigenvalue weighted by Gasteiger charge is 2.32. The summed E-state index contributed by atoms with van der Waals surface area (Å²) in [5, 5.41) is 2.58. The molecular weight excluding hydrogens is 345 g/mol. The molecule has 0 fully saturated rings. The van der Waals surface area contributed by atoms with E-state index >= 15 is 0 Å². The normalized spacial score (nSPS) is 14.9. The van der Waals surface area contributed by atoms with Gasteiger partial charge in [0, 0.05) is 25.2 Å². The Kier molecular flexibility index (Phi) is 5.46. The summed E-state index contributed by atoms with van der Waals surface area (Å²) >= 11 is 0. The highest BCUT2D eigenvalue weighted by Crippen LogP contribution is 2.31. The van der Waals surface area contributed by atoms with Crippen LogP contribution in [0.1, 0.15) is 16.7 Å². The molecule has 1 amide bonds. The minimum Gasteiger partial charge on any atom is -0.492 e. The van der Waals surface area contributed by atoms with Crippen LogP contribution in [0.25, 0.3) is 0 Å². The summed E-state index contributed by atoms with van der Waals surface area (Å²) in [5.74, 6) is 0.482. The van der Waals surface area contributed by atoms with Gasteiger partial charge >= 0.3 is 6.18 Å². The third-order valence-corrected chi connectivity index (χ3v) is 4.20. The minimum atomic E-state index is -4.44. The molecule has 2 aromatic carbocycles. The van der Waals surface area contributed by atoms with Gasteiger partial charge in [-0.25, -0.2) is 0 Å². The first-order valence-electron chi connectivity index (χ1n) is 8.28. The number of nitrogens with zero attached hydrogens (tertiary/aromatic N) is 1. The van der Waals surface area contributed by atoms with E-state index in [2.05, 4.69) is 5.32 Å². The number of ether oxygens (including phenoxy) is 1. The Morgan fingerprint density at radius 3 is 2.65 bits per heavy atom. The SMILES string of the molecule is O=C(CN1CCOc2ccccc2C1)NCc1ccccc1C(F)(F)F. The lowest BCUT2D eigenvalue weighted by atomic mass is 10.1. The van der Waals surface area contributed by atoms with Crippen LogP contribution in [-0.2, 0) is 24.1 Å². The molecule has 138 valence electrons. The summed E-state index contributed by atoms with van der Waals surface area (Å²) in [5.41, 5.74) is 0.315. The van der Waals surface area contributed by atoms with Crippen molar-refractivity contribution in [2.45, 2.75) is 19.3 Å². The van der Waals surface area contributed by atoms with Gasteiger partial charge in [-0.05, 0) is 17.7 Å². The van der Waals surface area contributed by atoms with Crippen LogP contribution in [-0.4, -0.2) is 30.5 Å². The zero-order valence-electron chi connectivity index (χ0n) is 14.1. The van der Waals surface area contributed by atoms with Crippen molar-refractivity contribution in [3.63, 3.8) is 0 Å². The minimum absolute atomic E-state index is 0.0536. The van der Waals surface area contributed by atoms with Gasteiger partial charge in [-0.1, -0.05) is 36.4 Å². The van der Waals surface area contributed by atoms with E-state index in [4.69, 9.17) is 4.74 Å². The number of hydrogen-bond donors (Lipinski definition) is 1. The van der Waals surface area contributed by atoms with Crippen LogP contribution in [0.4, 0.5) is 13.2 Å². The zero-order valence-corrected chi connectivity index (χ0v) is 14.1. The van der Waals surface area contributed by atoms with Gasteiger partial charge in [-0.3, -0.25) is 9.69 Å². The average molecular weight is 364 g/mol. The van der Waals surface area contributed by atoms with Crippen molar-refractivity contribution >= 4 is 5.91 Å². The molecular formula is C19H19F3N2O2. The van der Waals surface area contributed by atoms with Crippen LogP contribution in [0.5, 0.6) is 5.75 Å². The number of rotatable bonds is 4. The van der Waals surface area contributed by atoms with Gasteiger partial charge in [0.2, 0.25) is 5.91 Å². The summed E-state index contributed by atoms with van der Waals surface area (Å²) < 4.78 is 44.6. The Morgan fingerprint density at radius 1 is 1.12 bits per heavy atom. The number of hydrogen-bond acceptors (Lipinski definition) is 3. The standard InChI is InChI=1S/C19H19F3N2O2/c20-19(21,22)16-7-3-1-5-14(16)11-23-18(25)13-24-9-10-26-17-8-4-2-6-15(17)12-24/h1-8H,9-13H2,(H,23,25). The molecule has 4 nitrogen and oxygen atoms in total. The summed E-state index contributed by atoms with van der Waals surface area (Å²) in [6.07, 6.45) is -4.44. The topological polar surface area (TPSA) is 41.6 Å². The second kappa shape index (κ2) is 7.78. The Hall–Kier alpha value is -2.54. The molecule has 26 heavy (non-hydrogen) atoms. The molecule has 7 heteroatoms. The number of carbonyl (C=O) groups excluding carboxylic acids is 1. The van der Waals surface area contributed by atoms with Crippen molar-refractivity contribution in [3.8, 4) is 5.75 Å². The van der Waals surface area contributed by atoms with E-state index in [9.17, 15) is 18.0 Å². The molecule has 2 aromatic rings. The van der Waals surface area contributed by atoms with Crippen LogP contribution in [0.3, 0.4) is 0 Å². The molecule has 0 unspecified atom stereocenters. The van der Waals surface area contributed by atoms with Crippen molar-refractivity contribution in [2.24, 2.45) is 0 Å². The maximum Gasteiger partial charge on any atom is 0.416 e. The maximum absolute atomic E-state index is 13.0. The van der Waals surface area contributed by atoms with Gasteiger partial charge in [0.15, 0.2) is 0 Å². The molecule has 0 bridgehead atoms. The first-order valence-corrected chi connectivity index (χ1v) is 8.28. The predicted octanol–water partition coefficient (Wildman–Crippen LogP) is 3.22. The third-order valence-electron chi connectivity index (χ3n) is 4.20. The number of halogens is 3. The van der Waals surface area contributed by atoms with E-state index in [1.807, 2.05) is 29.2 Å². The zero-order chi connectivity index (χ0) is 18.6. The second-order valence-corrected chi connectivity index (χ2v) is 6.10. The maximum atomic E-state index is 13.0. The fourth-order valence-corrected chi connectivity index (χ4v) is 2.92. The number of amides is 1. The van der Waals surface area contributed by atoms with E-state index < -0.39 is 11.7 Å². The van der Waals surface area contributed by atoms with Crippen molar-refractivity contribution in [1.82, 2.24) is 10.2 Å². The third kappa shape index (κ3) is 4.54. The summed E-state index contributed by atoms with van der Waals surface area (Å²) in [7, 11) is 0. The smallest absolute Gasteiger partial charge is 0.416 e. The van der Waals surface area contributed by atoms with E-state index in [1.54, 1.807) is 0 Å². The highest BCUT2D eigenvalue weighted by atomic mass is 19.4. The predicted molar refractivity (Wildman–Crippen MR) is 90.5 cm³/mol. The van der Waals surface area contributed by atoms with Crippen molar-refractivity contribution in [1.29, 1.82) is 0 Å². The van der Waals surface area contributed by atoms with Crippen LogP contribution in [0.2, 0.25) is 0 Å². The molecule has 0 spiro atoms. The quantitative estimate of drug-likeness (QED) is 0.906. The molecule has 0 aromatic heterocycles. The molecule has 1 aliphatic heterocycles. The van der Waals surface area contributed by atoms with Gasteiger partial charge in [-0.2, -0.15) is 13.2 Å². The number of fused-ring (bicyclic) bond motifs is 1. The van der Waals surface area contributed by atoms with E-state index in [0.717, 1.165) is 17.4 Å². The highest BCUT2D eigenvalue weighted by molar-refractivity contribution is 5.78. The largest absolute Gasteiger partial charge is 0.492 e. The van der Waals surface area contributed by atoms with Crippen molar-refractivity contribution in [3.05, 3.63) is 65.2 Å².